The number of nitrogens with one attached hydrogen (secondary N) is 1. The van der Waals surface area contributed by atoms with Crippen molar-refractivity contribution in [1.29, 1.82) is 0 Å². The molecule has 1 fully saturated rings. The summed E-state index contributed by atoms with van der Waals surface area (Å²) >= 11 is 0. The van der Waals surface area contributed by atoms with E-state index in [1.54, 1.807) is 0 Å². The fourth-order valence-electron chi connectivity index (χ4n) is 2.22. The third-order valence-corrected chi connectivity index (χ3v) is 4.80. The van der Waals surface area contributed by atoms with Crippen LogP contribution in [0.3, 0.4) is 0 Å². The van der Waals surface area contributed by atoms with E-state index in [2.05, 4.69) is 9.46 Å². The Balaban J connectivity index is 2.14. The molecule has 0 spiro atoms. The van der Waals surface area contributed by atoms with Crippen LogP contribution in [-0.4, -0.2) is 27.5 Å². The molecule has 0 unspecified atom stereocenters. The fourth-order valence-corrected chi connectivity index (χ4v) is 3.52. The Morgan fingerprint density at radius 2 is 1.79 bits per heavy atom. The van der Waals surface area contributed by atoms with E-state index in [0.717, 1.165) is 25.7 Å². The van der Waals surface area contributed by atoms with Gasteiger partial charge in [0.2, 0.25) is 10.0 Å². The number of sulfonamides is 1. The van der Waals surface area contributed by atoms with Crippen LogP contribution in [0.1, 0.15) is 36.0 Å². The molecule has 0 bridgehead atoms. The lowest BCUT2D eigenvalue weighted by Crippen LogP contribution is -2.32. The van der Waals surface area contributed by atoms with Crippen LogP contribution in [0.25, 0.3) is 0 Å². The second-order valence-electron chi connectivity index (χ2n) is 4.62. The normalized spacial score (nSPS) is 16.5. The number of hydrogen-bond acceptors (Lipinski definition) is 4. The first-order valence-corrected chi connectivity index (χ1v) is 7.72. The van der Waals surface area contributed by atoms with Gasteiger partial charge in [-0.2, -0.15) is 0 Å². The maximum atomic E-state index is 12.1. The number of carbonyl (C=O) groups is 1. The molecule has 6 heteroatoms. The largest absolute Gasteiger partial charge is 0.465 e. The van der Waals surface area contributed by atoms with Gasteiger partial charge in [-0.25, -0.2) is 17.9 Å². The summed E-state index contributed by atoms with van der Waals surface area (Å²) in [4.78, 5) is 11.4. The summed E-state index contributed by atoms with van der Waals surface area (Å²) in [7, 11) is -2.21. The highest BCUT2D eigenvalue weighted by atomic mass is 32.2. The van der Waals surface area contributed by atoms with Gasteiger partial charge in [0.15, 0.2) is 0 Å². The van der Waals surface area contributed by atoms with Crippen molar-refractivity contribution in [3.63, 3.8) is 0 Å². The second-order valence-corrected chi connectivity index (χ2v) is 6.33. The lowest BCUT2D eigenvalue weighted by atomic mass is 10.2. The van der Waals surface area contributed by atoms with Crippen molar-refractivity contribution < 1.29 is 17.9 Å². The second kappa shape index (κ2) is 5.71. The Kier molecular flexibility index (Phi) is 4.21. The van der Waals surface area contributed by atoms with Gasteiger partial charge in [0.25, 0.3) is 0 Å². The Hall–Kier alpha value is -1.40. The summed E-state index contributed by atoms with van der Waals surface area (Å²) in [6.07, 6.45) is 3.90. The first-order valence-electron chi connectivity index (χ1n) is 6.23. The smallest absolute Gasteiger partial charge is 0.337 e. The maximum Gasteiger partial charge on any atom is 0.337 e. The number of methoxy groups -OCH3 is 1. The zero-order chi connectivity index (χ0) is 13.9. The summed E-state index contributed by atoms with van der Waals surface area (Å²) in [5.74, 6) is -0.479. The van der Waals surface area contributed by atoms with Gasteiger partial charge < -0.3 is 4.74 Å². The quantitative estimate of drug-likeness (QED) is 0.854. The maximum absolute atomic E-state index is 12.1. The van der Waals surface area contributed by atoms with Gasteiger partial charge in [0.05, 0.1) is 17.6 Å². The number of esters is 1. The van der Waals surface area contributed by atoms with Crippen LogP contribution in [0, 0.1) is 0 Å². The summed E-state index contributed by atoms with van der Waals surface area (Å²) in [6.45, 7) is 0. The molecule has 1 N–H and O–H groups in total. The lowest BCUT2D eigenvalue weighted by Gasteiger charge is -2.12. The minimum absolute atomic E-state index is 0.0327. The van der Waals surface area contributed by atoms with Gasteiger partial charge in [-0.15, -0.1) is 0 Å². The van der Waals surface area contributed by atoms with E-state index in [4.69, 9.17) is 0 Å². The van der Waals surface area contributed by atoms with Crippen molar-refractivity contribution in [2.45, 2.75) is 36.6 Å². The zero-order valence-corrected chi connectivity index (χ0v) is 11.6. The predicted octanol–water partition coefficient (Wildman–Crippen LogP) is 1.69. The summed E-state index contributed by atoms with van der Waals surface area (Å²) < 4.78 is 31.5. The molecular weight excluding hydrogens is 266 g/mol. The topological polar surface area (TPSA) is 72.5 Å². The summed E-state index contributed by atoms with van der Waals surface area (Å²) in [6, 6.07) is 5.78. The van der Waals surface area contributed by atoms with E-state index in [1.807, 2.05) is 0 Å². The molecule has 0 aromatic heterocycles. The molecule has 1 aliphatic rings. The average molecular weight is 283 g/mol. The lowest BCUT2D eigenvalue weighted by molar-refractivity contribution is 0.0600. The number of hydrogen-bond donors (Lipinski definition) is 1. The molecule has 19 heavy (non-hydrogen) atoms. The van der Waals surface area contributed by atoms with Crippen molar-refractivity contribution in [3.05, 3.63) is 29.8 Å². The Morgan fingerprint density at radius 3 is 2.32 bits per heavy atom. The van der Waals surface area contributed by atoms with E-state index in [1.165, 1.54) is 31.4 Å². The molecule has 1 saturated carbocycles. The molecule has 1 aromatic carbocycles. The molecule has 104 valence electrons. The van der Waals surface area contributed by atoms with Gasteiger partial charge in [-0.05, 0) is 37.1 Å². The molecule has 0 radical (unpaired) electrons. The molecule has 0 saturated heterocycles. The Morgan fingerprint density at radius 1 is 1.21 bits per heavy atom. The number of rotatable bonds is 4. The van der Waals surface area contributed by atoms with Crippen LogP contribution >= 0.6 is 0 Å². The molecule has 1 aliphatic carbocycles. The fraction of sp³-hybridized carbons (Fsp3) is 0.462. The van der Waals surface area contributed by atoms with Crippen molar-refractivity contribution in [1.82, 2.24) is 4.72 Å². The van der Waals surface area contributed by atoms with Gasteiger partial charge in [0.1, 0.15) is 0 Å². The number of ether oxygens (including phenoxy) is 1. The summed E-state index contributed by atoms with van der Waals surface area (Å²) in [5.41, 5.74) is 0.335. The van der Waals surface area contributed by atoms with Crippen molar-refractivity contribution in [3.8, 4) is 0 Å². The number of carbonyl (C=O) groups excluding carboxylic acids is 1. The number of benzene rings is 1. The van der Waals surface area contributed by atoms with E-state index >= 15 is 0 Å². The highest BCUT2D eigenvalue weighted by Crippen LogP contribution is 2.20. The van der Waals surface area contributed by atoms with Crippen LogP contribution in [-0.2, 0) is 14.8 Å². The van der Waals surface area contributed by atoms with Crippen LogP contribution in [0.15, 0.2) is 29.2 Å². The molecular formula is C13H17NO4S. The molecule has 0 amide bonds. The highest BCUT2D eigenvalue weighted by Gasteiger charge is 2.22. The standard InChI is InChI=1S/C13H17NO4S/c1-18-13(15)10-6-8-12(9-7-10)19(16,17)14-11-4-2-3-5-11/h6-9,11,14H,2-5H2,1H3. The van der Waals surface area contributed by atoms with Gasteiger partial charge in [-0.3, -0.25) is 0 Å². The van der Waals surface area contributed by atoms with Crippen molar-refractivity contribution >= 4 is 16.0 Å². The van der Waals surface area contributed by atoms with E-state index in [0.29, 0.717) is 5.56 Å². The zero-order valence-electron chi connectivity index (χ0n) is 10.8. The van der Waals surface area contributed by atoms with Crippen molar-refractivity contribution in [2.24, 2.45) is 0 Å². The minimum atomic E-state index is -3.50. The third kappa shape index (κ3) is 3.33. The molecule has 1 aromatic rings. The van der Waals surface area contributed by atoms with E-state index < -0.39 is 16.0 Å². The average Bonchev–Trinajstić information content (AvgIpc) is 2.90. The van der Waals surface area contributed by atoms with E-state index in [-0.39, 0.29) is 10.9 Å². The third-order valence-electron chi connectivity index (χ3n) is 3.26. The van der Waals surface area contributed by atoms with Gasteiger partial charge >= 0.3 is 5.97 Å². The first kappa shape index (κ1) is 14.0. The molecule has 0 heterocycles. The molecule has 5 nitrogen and oxygen atoms in total. The SMILES string of the molecule is COC(=O)c1ccc(S(=O)(=O)NC2CCCC2)cc1. The van der Waals surface area contributed by atoms with E-state index in [9.17, 15) is 13.2 Å². The van der Waals surface area contributed by atoms with Crippen LogP contribution < -0.4 is 4.72 Å². The summed E-state index contributed by atoms with van der Waals surface area (Å²) in [5, 5.41) is 0. The Bertz CT molecular complexity index is 545. The molecule has 0 aliphatic heterocycles. The predicted molar refractivity (Wildman–Crippen MR) is 70.4 cm³/mol. The van der Waals surface area contributed by atoms with Gasteiger partial charge in [0, 0.05) is 6.04 Å². The minimum Gasteiger partial charge on any atom is -0.465 e. The molecule has 0 atom stereocenters. The first-order chi connectivity index (χ1) is 9.03. The monoisotopic (exact) mass is 283 g/mol. The van der Waals surface area contributed by atoms with Gasteiger partial charge in [-0.1, -0.05) is 12.8 Å². The van der Waals surface area contributed by atoms with Crippen molar-refractivity contribution in [2.75, 3.05) is 7.11 Å². The molecule has 2 rings (SSSR count). The van der Waals surface area contributed by atoms with Crippen LogP contribution in [0.5, 0.6) is 0 Å². The highest BCUT2D eigenvalue weighted by molar-refractivity contribution is 7.89. The van der Waals surface area contributed by atoms with Crippen LogP contribution in [0.4, 0.5) is 0 Å². The Labute approximate surface area is 113 Å². The van der Waals surface area contributed by atoms with Crippen LogP contribution in [0.2, 0.25) is 0 Å².